The molecule has 5 heteroatoms. The van der Waals surface area contributed by atoms with Crippen LogP contribution >= 0.6 is 0 Å². The number of halogens is 3. The Kier molecular flexibility index (Phi) is 6.13. The van der Waals surface area contributed by atoms with Crippen molar-refractivity contribution in [2.24, 2.45) is 17.3 Å². The lowest BCUT2D eigenvalue weighted by Gasteiger charge is -2.42. The minimum absolute atomic E-state index is 0.0623. The van der Waals surface area contributed by atoms with Crippen molar-refractivity contribution in [3.8, 4) is 0 Å². The maximum absolute atomic E-state index is 12.7. The molecule has 0 aromatic rings. The number of aliphatic hydroxyl groups is 1. The van der Waals surface area contributed by atoms with Gasteiger partial charge in [0.2, 0.25) is 0 Å². The molecule has 0 heterocycles. The third-order valence-corrected chi connectivity index (χ3v) is 4.75. The average Bonchev–Trinajstić information content (AvgIpc) is 2.27. The van der Waals surface area contributed by atoms with E-state index in [1.807, 2.05) is 0 Å². The van der Waals surface area contributed by atoms with E-state index in [-0.39, 0.29) is 17.4 Å². The highest BCUT2D eigenvalue weighted by atomic mass is 19.4. The number of rotatable bonds is 4. The van der Waals surface area contributed by atoms with Gasteiger partial charge in [0.05, 0.1) is 12.6 Å². The van der Waals surface area contributed by atoms with Crippen LogP contribution in [-0.4, -0.2) is 41.4 Å². The van der Waals surface area contributed by atoms with Crippen LogP contribution in [0.2, 0.25) is 0 Å². The molecule has 2 nitrogen and oxygen atoms in total. The summed E-state index contributed by atoms with van der Waals surface area (Å²) < 4.78 is 38.0. The van der Waals surface area contributed by atoms with Gasteiger partial charge in [0.15, 0.2) is 0 Å². The molecule has 1 fully saturated rings. The SMILES string of the molecule is CC(C)N(CC1CC(C(C)(C)C)CCC1O)CC(F)(F)F. The second-order valence-corrected chi connectivity index (χ2v) is 7.84. The van der Waals surface area contributed by atoms with Crippen molar-refractivity contribution in [1.82, 2.24) is 4.90 Å². The molecule has 0 spiro atoms. The molecule has 0 saturated heterocycles. The lowest BCUT2D eigenvalue weighted by Crippen LogP contribution is -2.46. The molecule has 1 aliphatic rings. The highest BCUT2D eigenvalue weighted by Crippen LogP contribution is 2.40. The molecule has 3 unspecified atom stereocenters. The molecule has 3 atom stereocenters. The lowest BCUT2D eigenvalue weighted by molar-refractivity contribution is -0.153. The number of aliphatic hydroxyl groups excluding tert-OH is 1. The normalized spacial score (nSPS) is 28.4. The maximum Gasteiger partial charge on any atom is 0.401 e. The van der Waals surface area contributed by atoms with Crippen molar-refractivity contribution in [3.05, 3.63) is 0 Å². The summed E-state index contributed by atoms with van der Waals surface area (Å²) in [6.07, 6.45) is -2.19. The molecule has 1 N–H and O–H groups in total. The summed E-state index contributed by atoms with van der Waals surface area (Å²) in [5, 5.41) is 10.2. The number of nitrogens with zero attached hydrogens (tertiary/aromatic N) is 1. The lowest BCUT2D eigenvalue weighted by atomic mass is 9.68. The van der Waals surface area contributed by atoms with E-state index < -0.39 is 18.8 Å². The molecular weight excluding hydrogens is 279 g/mol. The summed E-state index contributed by atoms with van der Waals surface area (Å²) >= 11 is 0. The predicted octanol–water partition coefficient (Wildman–Crippen LogP) is 4.08. The van der Waals surface area contributed by atoms with E-state index in [1.165, 1.54) is 4.90 Å². The molecule has 0 bridgehead atoms. The van der Waals surface area contributed by atoms with Crippen LogP contribution in [0.4, 0.5) is 13.2 Å². The van der Waals surface area contributed by atoms with E-state index in [4.69, 9.17) is 0 Å². The standard InChI is InChI=1S/C16H30F3NO/c1-11(2)20(10-16(17,18)19)9-12-8-13(15(3,4)5)6-7-14(12)21/h11-14,21H,6-10H2,1-5H3. The van der Waals surface area contributed by atoms with Gasteiger partial charge in [-0.3, -0.25) is 4.90 Å². The first-order valence-corrected chi connectivity index (χ1v) is 7.89. The number of hydrogen-bond acceptors (Lipinski definition) is 2. The second kappa shape index (κ2) is 6.86. The molecule has 0 aromatic carbocycles. The first-order chi connectivity index (χ1) is 9.40. The van der Waals surface area contributed by atoms with Crippen molar-refractivity contribution in [2.75, 3.05) is 13.1 Å². The van der Waals surface area contributed by atoms with E-state index in [0.29, 0.717) is 18.9 Å². The fourth-order valence-electron chi connectivity index (χ4n) is 3.22. The van der Waals surface area contributed by atoms with Crippen LogP contribution < -0.4 is 0 Å². The van der Waals surface area contributed by atoms with E-state index >= 15 is 0 Å². The number of hydrogen-bond donors (Lipinski definition) is 1. The van der Waals surface area contributed by atoms with Crippen LogP contribution in [0.3, 0.4) is 0 Å². The largest absolute Gasteiger partial charge is 0.401 e. The van der Waals surface area contributed by atoms with Crippen molar-refractivity contribution in [2.45, 2.75) is 72.2 Å². The fourth-order valence-corrected chi connectivity index (χ4v) is 3.22. The third kappa shape index (κ3) is 6.15. The highest BCUT2D eigenvalue weighted by Gasteiger charge is 2.38. The average molecular weight is 309 g/mol. The molecule has 1 saturated carbocycles. The Morgan fingerprint density at radius 3 is 2.14 bits per heavy atom. The minimum Gasteiger partial charge on any atom is -0.393 e. The number of alkyl halides is 3. The maximum atomic E-state index is 12.7. The van der Waals surface area contributed by atoms with Crippen molar-refractivity contribution in [1.29, 1.82) is 0 Å². The monoisotopic (exact) mass is 309 g/mol. The van der Waals surface area contributed by atoms with Gasteiger partial charge in [0.25, 0.3) is 0 Å². The van der Waals surface area contributed by atoms with Crippen LogP contribution in [0.1, 0.15) is 53.9 Å². The van der Waals surface area contributed by atoms with Crippen LogP contribution in [0, 0.1) is 17.3 Å². The first-order valence-electron chi connectivity index (χ1n) is 7.89. The minimum atomic E-state index is -4.19. The Bertz CT molecular complexity index is 322. The van der Waals surface area contributed by atoms with E-state index in [9.17, 15) is 18.3 Å². The van der Waals surface area contributed by atoms with Gasteiger partial charge in [-0.05, 0) is 50.4 Å². The molecule has 0 aliphatic heterocycles. The molecule has 21 heavy (non-hydrogen) atoms. The smallest absolute Gasteiger partial charge is 0.393 e. The summed E-state index contributed by atoms with van der Waals surface area (Å²) in [4.78, 5) is 1.44. The van der Waals surface area contributed by atoms with Crippen LogP contribution in [-0.2, 0) is 0 Å². The topological polar surface area (TPSA) is 23.5 Å². The molecule has 1 rings (SSSR count). The quantitative estimate of drug-likeness (QED) is 0.846. The third-order valence-electron chi connectivity index (χ3n) is 4.75. The van der Waals surface area contributed by atoms with Gasteiger partial charge in [0.1, 0.15) is 0 Å². The molecule has 1 aliphatic carbocycles. The van der Waals surface area contributed by atoms with Gasteiger partial charge in [0, 0.05) is 12.6 Å². The zero-order valence-corrected chi connectivity index (χ0v) is 13.9. The molecular formula is C16H30F3NO. The van der Waals surface area contributed by atoms with Crippen molar-refractivity contribution < 1.29 is 18.3 Å². The Labute approximate surface area is 126 Å². The van der Waals surface area contributed by atoms with Gasteiger partial charge in [-0.2, -0.15) is 13.2 Å². The molecule has 0 radical (unpaired) electrons. The van der Waals surface area contributed by atoms with Gasteiger partial charge in [-0.25, -0.2) is 0 Å². The van der Waals surface area contributed by atoms with Crippen molar-refractivity contribution >= 4 is 0 Å². The van der Waals surface area contributed by atoms with E-state index in [0.717, 1.165) is 12.8 Å². The van der Waals surface area contributed by atoms with Crippen LogP contribution in [0.5, 0.6) is 0 Å². The first kappa shape index (κ1) is 18.8. The van der Waals surface area contributed by atoms with E-state index in [1.54, 1.807) is 13.8 Å². The summed E-state index contributed by atoms with van der Waals surface area (Å²) in [5.74, 6) is 0.401. The summed E-state index contributed by atoms with van der Waals surface area (Å²) in [6.45, 7) is 9.50. The fraction of sp³-hybridized carbons (Fsp3) is 1.00. The summed E-state index contributed by atoms with van der Waals surface area (Å²) in [5.41, 5.74) is 0.144. The van der Waals surface area contributed by atoms with Crippen molar-refractivity contribution in [3.63, 3.8) is 0 Å². The highest BCUT2D eigenvalue weighted by molar-refractivity contribution is 4.87. The Morgan fingerprint density at radius 2 is 1.71 bits per heavy atom. The second-order valence-electron chi connectivity index (χ2n) is 7.84. The zero-order chi connectivity index (χ0) is 16.4. The van der Waals surface area contributed by atoms with Gasteiger partial charge in [-0.15, -0.1) is 0 Å². The van der Waals surface area contributed by atoms with Crippen LogP contribution in [0.25, 0.3) is 0 Å². The molecule has 126 valence electrons. The van der Waals surface area contributed by atoms with Gasteiger partial charge >= 0.3 is 6.18 Å². The molecule has 0 amide bonds. The predicted molar refractivity (Wildman–Crippen MR) is 79.1 cm³/mol. The Hall–Kier alpha value is -0.290. The summed E-state index contributed by atoms with van der Waals surface area (Å²) in [7, 11) is 0. The summed E-state index contributed by atoms with van der Waals surface area (Å²) in [6, 6.07) is -0.172. The molecule has 0 aromatic heterocycles. The van der Waals surface area contributed by atoms with Gasteiger partial charge in [-0.1, -0.05) is 20.8 Å². The van der Waals surface area contributed by atoms with Crippen LogP contribution in [0.15, 0.2) is 0 Å². The van der Waals surface area contributed by atoms with Gasteiger partial charge < -0.3 is 5.11 Å². The Balaban J connectivity index is 2.72. The van der Waals surface area contributed by atoms with E-state index in [2.05, 4.69) is 20.8 Å². The zero-order valence-electron chi connectivity index (χ0n) is 13.9. The Morgan fingerprint density at radius 1 is 1.14 bits per heavy atom.